The van der Waals surface area contributed by atoms with Gasteiger partial charge in [-0.1, -0.05) is 18.2 Å². The molecular weight excluding hydrogens is 608 g/mol. The lowest BCUT2D eigenvalue weighted by atomic mass is 9.96. The Morgan fingerprint density at radius 3 is 2.48 bits per heavy atom. The number of piperidine rings is 1. The van der Waals surface area contributed by atoms with Crippen LogP contribution in [0.4, 0.5) is 5.82 Å². The van der Waals surface area contributed by atoms with Crippen molar-refractivity contribution in [3.63, 3.8) is 0 Å². The molecule has 0 aliphatic carbocycles. The Labute approximate surface area is 279 Å². The lowest BCUT2D eigenvalue weighted by Crippen LogP contribution is -2.56. The Morgan fingerprint density at radius 2 is 1.79 bits per heavy atom. The number of benzene rings is 2. The molecule has 2 saturated heterocycles. The molecule has 0 unspecified atom stereocenters. The number of likely N-dealkylation sites (tertiary alicyclic amines) is 1. The zero-order chi connectivity index (χ0) is 34.0. The SMILES string of the molecule is CCN1CCN(C(C)(C)/C=C(/C#N)C(=O)N2CCC[C@@H](n3c(=O)n(-c4ccc(Oc5ccccc5)cc4)c4c(N)nccc43)C2)CC1=O. The van der Waals surface area contributed by atoms with Gasteiger partial charge in [0.25, 0.3) is 5.91 Å². The van der Waals surface area contributed by atoms with Gasteiger partial charge in [-0.05, 0) is 82.2 Å². The van der Waals surface area contributed by atoms with Crippen LogP contribution in [0.3, 0.4) is 0 Å². The third-order valence-corrected chi connectivity index (χ3v) is 9.30. The molecule has 6 rings (SSSR count). The van der Waals surface area contributed by atoms with Crippen LogP contribution >= 0.6 is 0 Å². The van der Waals surface area contributed by atoms with Gasteiger partial charge in [0.1, 0.15) is 34.5 Å². The van der Waals surface area contributed by atoms with E-state index in [2.05, 4.69) is 11.1 Å². The van der Waals surface area contributed by atoms with Crippen molar-refractivity contribution in [2.24, 2.45) is 0 Å². The van der Waals surface area contributed by atoms with Gasteiger partial charge in [-0.2, -0.15) is 5.26 Å². The second-order valence-corrected chi connectivity index (χ2v) is 12.7. The number of rotatable bonds is 8. The van der Waals surface area contributed by atoms with Gasteiger partial charge in [-0.25, -0.2) is 9.78 Å². The maximum Gasteiger partial charge on any atom is 0.334 e. The molecule has 2 aliphatic heterocycles. The fraction of sp³-hybridized carbons (Fsp3) is 0.361. The minimum Gasteiger partial charge on any atom is -0.457 e. The Balaban J connectivity index is 1.27. The second kappa shape index (κ2) is 13.4. The third-order valence-electron chi connectivity index (χ3n) is 9.30. The highest BCUT2D eigenvalue weighted by Crippen LogP contribution is 2.30. The van der Waals surface area contributed by atoms with E-state index in [1.54, 1.807) is 61.5 Å². The molecule has 2 aromatic carbocycles. The van der Waals surface area contributed by atoms with Gasteiger partial charge in [0.2, 0.25) is 5.91 Å². The Kier molecular flexibility index (Phi) is 9.06. The van der Waals surface area contributed by atoms with E-state index < -0.39 is 5.54 Å². The zero-order valence-corrected chi connectivity index (χ0v) is 27.5. The van der Waals surface area contributed by atoms with Crippen molar-refractivity contribution in [3.05, 3.63) is 89.0 Å². The number of nitrogens with zero attached hydrogens (tertiary/aromatic N) is 7. The van der Waals surface area contributed by atoms with Crippen molar-refractivity contribution in [3.8, 4) is 23.3 Å². The second-order valence-electron chi connectivity index (χ2n) is 12.7. The summed E-state index contributed by atoms with van der Waals surface area (Å²) in [6.07, 6.45) is 4.56. The van der Waals surface area contributed by atoms with Gasteiger partial charge in [0.05, 0.1) is 23.8 Å². The van der Waals surface area contributed by atoms with Crippen molar-refractivity contribution < 1.29 is 14.3 Å². The quantitative estimate of drug-likeness (QED) is 0.222. The molecule has 2 fully saturated rings. The molecule has 12 heteroatoms. The summed E-state index contributed by atoms with van der Waals surface area (Å²) in [5.41, 5.74) is 7.10. The molecular formula is C36H40N8O4. The lowest BCUT2D eigenvalue weighted by molar-refractivity contribution is -0.137. The van der Waals surface area contributed by atoms with Crippen LogP contribution in [0, 0.1) is 11.3 Å². The maximum atomic E-state index is 14.2. The highest BCUT2D eigenvalue weighted by molar-refractivity contribution is 5.97. The Hall–Kier alpha value is -5.41. The maximum absolute atomic E-state index is 14.2. The third kappa shape index (κ3) is 6.29. The predicted octanol–water partition coefficient (Wildman–Crippen LogP) is 4.12. The van der Waals surface area contributed by atoms with E-state index >= 15 is 0 Å². The number of pyridine rings is 1. The fourth-order valence-corrected chi connectivity index (χ4v) is 6.71. The van der Waals surface area contributed by atoms with Gasteiger partial charge in [-0.15, -0.1) is 0 Å². The van der Waals surface area contributed by atoms with Crippen molar-refractivity contribution in [2.75, 3.05) is 45.0 Å². The lowest BCUT2D eigenvalue weighted by Gasteiger charge is -2.42. The van der Waals surface area contributed by atoms with Gasteiger partial charge in [0, 0.05) is 44.5 Å². The molecule has 4 aromatic rings. The molecule has 2 N–H and O–H groups in total. The van der Waals surface area contributed by atoms with E-state index in [9.17, 15) is 19.6 Å². The van der Waals surface area contributed by atoms with E-state index in [0.29, 0.717) is 67.2 Å². The standard InChI is InChI=1S/C36H40N8O4/c1-4-40-19-20-42(24-31(40)45)36(2,3)21-25(22-37)34(46)41-18-8-9-27(23-41)43-30-16-17-39-33(38)32(30)44(35(43)47)26-12-14-29(15-13-26)48-28-10-6-5-7-11-28/h5-7,10-17,21,27H,4,8-9,18-20,23-24H2,1-3H3,(H2,38,39)/b25-21-/t27-/m1/s1. The molecule has 2 amide bonds. The van der Waals surface area contributed by atoms with E-state index in [1.807, 2.05) is 56.0 Å². The summed E-state index contributed by atoms with van der Waals surface area (Å²) in [7, 11) is 0. The van der Waals surface area contributed by atoms with Crippen LogP contribution < -0.4 is 16.2 Å². The number of carbonyl (C=O) groups is 2. The van der Waals surface area contributed by atoms with Gasteiger partial charge in [-0.3, -0.25) is 23.6 Å². The molecule has 0 saturated carbocycles. The molecule has 2 aliphatic rings. The average Bonchev–Trinajstić information content (AvgIpc) is 3.40. The van der Waals surface area contributed by atoms with Crippen molar-refractivity contribution in [1.82, 2.24) is 28.8 Å². The normalized spacial score (nSPS) is 17.8. The minimum absolute atomic E-state index is 0.0204. The van der Waals surface area contributed by atoms with Crippen LogP contribution in [0.25, 0.3) is 16.7 Å². The van der Waals surface area contributed by atoms with Crippen molar-refractivity contribution in [2.45, 2.75) is 45.2 Å². The average molecular weight is 649 g/mol. The summed E-state index contributed by atoms with van der Waals surface area (Å²) in [6.45, 7) is 8.62. The molecule has 4 heterocycles. The van der Waals surface area contributed by atoms with Crippen LogP contribution in [0.1, 0.15) is 39.7 Å². The number of hydrogen-bond donors (Lipinski definition) is 1. The number of fused-ring (bicyclic) bond motifs is 1. The smallest absolute Gasteiger partial charge is 0.334 e. The number of carbonyl (C=O) groups excluding carboxylic acids is 2. The van der Waals surface area contributed by atoms with E-state index in [-0.39, 0.29) is 48.0 Å². The fourth-order valence-electron chi connectivity index (χ4n) is 6.71. The zero-order valence-electron chi connectivity index (χ0n) is 27.5. The van der Waals surface area contributed by atoms with Gasteiger partial charge >= 0.3 is 5.69 Å². The minimum atomic E-state index is -0.692. The predicted molar refractivity (Wildman–Crippen MR) is 183 cm³/mol. The number of piperazine rings is 1. The monoisotopic (exact) mass is 648 g/mol. The number of anilines is 1. The molecule has 2 aromatic heterocycles. The van der Waals surface area contributed by atoms with Crippen molar-refractivity contribution in [1.29, 1.82) is 5.26 Å². The number of nitrogen functional groups attached to an aromatic ring is 1. The van der Waals surface area contributed by atoms with E-state index in [0.717, 1.165) is 0 Å². The van der Waals surface area contributed by atoms with Gasteiger partial charge in [0.15, 0.2) is 0 Å². The molecule has 12 nitrogen and oxygen atoms in total. The summed E-state index contributed by atoms with van der Waals surface area (Å²) >= 11 is 0. The first kappa shape index (κ1) is 32.5. The highest BCUT2D eigenvalue weighted by Gasteiger charge is 2.35. The number of imidazole rings is 1. The summed E-state index contributed by atoms with van der Waals surface area (Å²) in [5.74, 6) is 1.18. The first-order valence-corrected chi connectivity index (χ1v) is 16.3. The molecule has 248 valence electrons. The van der Waals surface area contributed by atoms with Crippen molar-refractivity contribution >= 4 is 28.7 Å². The molecule has 48 heavy (non-hydrogen) atoms. The number of para-hydroxylation sites is 1. The Bertz CT molecular complexity index is 1960. The molecule has 0 radical (unpaired) electrons. The summed E-state index contributed by atoms with van der Waals surface area (Å²) < 4.78 is 9.18. The number of likely N-dealkylation sites (N-methyl/N-ethyl adjacent to an activating group) is 1. The number of ether oxygens (including phenoxy) is 1. The largest absolute Gasteiger partial charge is 0.457 e. The number of aromatic nitrogens is 3. The first-order valence-electron chi connectivity index (χ1n) is 16.3. The van der Waals surface area contributed by atoms with E-state index in [4.69, 9.17) is 10.5 Å². The van der Waals surface area contributed by atoms with Crippen LogP contribution in [-0.2, 0) is 9.59 Å². The Morgan fingerprint density at radius 1 is 1.06 bits per heavy atom. The van der Waals surface area contributed by atoms with Crippen LogP contribution in [-0.4, -0.2) is 85.4 Å². The van der Waals surface area contributed by atoms with Crippen LogP contribution in [0.15, 0.2) is 83.3 Å². The van der Waals surface area contributed by atoms with E-state index in [1.165, 1.54) is 0 Å². The van der Waals surface area contributed by atoms with Crippen LogP contribution in [0.5, 0.6) is 11.5 Å². The first-order chi connectivity index (χ1) is 23.1. The molecule has 1 atom stereocenters. The summed E-state index contributed by atoms with van der Waals surface area (Å²) in [5, 5.41) is 10.1. The van der Waals surface area contributed by atoms with Gasteiger partial charge < -0.3 is 20.3 Å². The molecule has 0 bridgehead atoms. The number of amides is 2. The summed E-state index contributed by atoms with van der Waals surface area (Å²) in [6, 6.07) is 20.1. The number of hydrogen-bond acceptors (Lipinski definition) is 8. The number of nitrogens with two attached hydrogens (primary N) is 1. The summed E-state index contributed by atoms with van der Waals surface area (Å²) in [4.78, 5) is 50.4. The topological polar surface area (TPSA) is 143 Å². The number of nitriles is 1. The highest BCUT2D eigenvalue weighted by atomic mass is 16.5. The molecule has 0 spiro atoms. The van der Waals surface area contributed by atoms with Crippen LogP contribution in [0.2, 0.25) is 0 Å².